The van der Waals surface area contributed by atoms with Crippen molar-refractivity contribution in [3.8, 4) is 11.1 Å². The van der Waals surface area contributed by atoms with E-state index in [0.29, 0.717) is 11.1 Å². The number of allylic oxidation sites excluding steroid dienone is 1. The zero-order chi connectivity index (χ0) is 19.7. The molecule has 140 valence electrons. The van der Waals surface area contributed by atoms with Gasteiger partial charge in [-0.1, -0.05) is 11.3 Å². The van der Waals surface area contributed by atoms with E-state index in [-0.39, 0.29) is 13.0 Å². The number of carbonyl (C=O) groups is 1. The number of carboxylic acids is 1. The Hall–Kier alpha value is -3.04. The Kier molecular flexibility index (Phi) is 7.63. The van der Waals surface area contributed by atoms with Gasteiger partial charge in [0, 0.05) is 23.4 Å². The molecule has 2 aromatic heterocycles. The summed E-state index contributed by atoms with van der Waals surface area (Å²) in [5, 5.41) is 12.6. The van der Waals surface area contributed by atoms with E-state index in [0.717, 1.165) is 13.3 Å². The summed E-state index contributed by atoms with van der Waals surface area (Å²) in [4.78, 5) is 14.1. The van der Waals surface area contributed by atoms with Crippen molar-refractivity contribution in [3.05, 3.63) is 55.1 Å². The van der Waals surface area contributed by atoms with E-state index in [1.165, 1.54) is 17.1 Å². The number of rotatable bonds is 5. The zero-order valence-corrected chi connectivity index (χ0v) is 13.7. The maximum Gasteiger partial charge on any atom is 0.448 e. The van der Waals surface area contributed by atoms with Gasteiger partial charge in [-0.05, 0) is 11.2 Å². The molecule has 0 aliphatic rings. The molecule has 2 aromatic rings. The number of alkyl halides is 3. The van der Waals surface area contributed by atoms with Crippen LogP contribution >= 0.6 is 0 Å². The van der Waals surface area contributed by atoms with Crippen LogP contribution in [0.25, 0.3) is 11.1 Å². The number of hydrogen-bond donors (Lipinski definition) is 1. The number of carboxylic acid groups (broad SMARTS) is 1. The van der Waals surface area contributed by atoms with Crippen molar-refractivity contribution in [1.29, 1.82) is 0 Å². The van der Waals surface area contributed by atoms with Crippen LogP contribution in [0.2, 0.25) is 0 Å². The quantitative estimate of drug-likeness (QED) is 0.495. The molecule has 6 nitrogen and oxygen atoms in total. The molecule has 10 heteroatoms. The Balaban J connectivity index is 0.000000359. The molecule has 0 aliphatic carbocycles. The average Bonchev–Trinajstić information content (AvgIpc) is 2.60. The van der Waals surface area contributed by atoms with Crippen molar-refractivity contribution < 1.29 is 36.9 Å². The van der Waals surface area contributed by atoms with E-state index in [4.69, 9.17) is 5.11 Å². The highest BCUT2D eigenvalue weighted by Gasteiger charge is 2.33. The Morgan fingerprint density at radius 1 is 1.35 bits per heavy atom. The molecule has 0 saturated carbocycles. The lowest BCUT2D eigenvalue weighted by Crippen LogP contribution is -2.38. The first-order chi connectivity index (χ1) is 12.1. The van der Waals surface area contributed by atoms with Gasteiger partial charge in [-0.3, -0.25) is 9.78 Å². The summed E-state index contributed by atoms with van der Waals surface area (Å²) < 4.78 is 52.4. The number of hydrogen-bond acceptors (Lipinski definition) is 4. The monoisotopic (exact) mass is 374 g/mol. The van der Waals surface area contributed by atoms with Crippen LogP contribution in [0.3, 0.4) is 0 Å². The maximum absolute atomic E-state index is 13.5. The molecular formula is C16H16F4N3O3+. The maximum atomic E-state index is 13.5. The molecule has 0 fully saturated rings. The molecule has 0 atom stereocenters. The summed E-state index contributed by atoms with van der Waals surface area (Å²) >= 11 is 0. The summed E-state index contributed by atoms with van der Waals surface area (Å²) in [6.45, 7) is 2.88. The van der Waals surface area contributed by atoms with Crippen LogP contribution < -0.4 is 4.68 Å². The summed E-state index contributed by atoms with van der Waals surface area (Å²) in [5.74, 6) is -2.46. The van der Waals surface area contributed by atoms with Gasteiger partial charge in [-0.25, -0.2) is 4.39 Å². The lowest BCUT2D eigenvalue weighted by atomic mass is 10.1. The topological polar surface area (TPSA) is 76.2 Å². The van der Waals surface area contributed by atoms with Crippen molar-refractivity contribution in [2.75, 3.05) is 7.11 Å². The van der Waals surface area contributed by atoms with E-state index >= 15 is 0 Å². The van der Waals surface area contributed by atoms with Crippen molar-refractivity contribution in [1.82, 2.24) is 10.1 Å². The van der Waals surface area contributed by atoms with E-state index in [1.807, 2.05) is 0 Å². The summed E-state index contributed by atoms with van der Waals surface area (Å²) in [5.41, 5.74) is 1.05. The largest absolute Gasteiger partial charge is 0.493 e. The molecule has 2 heterocycles. The number of pyridine rings is 1. The smallest absolute Gasteiger partial charge is 0.448 e. The normalized spacial score (nSPS) is 10.5. The highest BCUT2D eigenvalue weighted by atomic mass is 19.4. The van der Waals surface area contributed by atoms with Crippen LogP contribution in [-0.4, -0.2) is 34.4 Å². The Morgan fingerprint density at radius 3 is 2.46 bits per heavy atom. The van der Waals surface area contributed by atoms with Gasteiger partial charge >= 0.3 is 12.1 Å². The zero-order valence-electron chi connectivity index (χ0n) is 13.7. The minimum Gasteiger partial charge on any atom is -0.493 e. The number of nitrogens with zero attached hydrogens (tertiary/aromatic N) is 3. The number of halogens is 4. The predicted molar refractivity (Wildman–Crippen MR) is 82.1 cm³/mol. The van der Waals surface area contributed by atoms with Gasteiger partial charge in [0.2, 0.25) is 0 Å². The minimum absolute atomic E-state index is 0.000626. The molecule has 0 spiro atoms. The molecule has 0 aliphatic heterocycles. The second kappa shape index (κ2) is 9.44. The highest BCUT2D eigenvalue weighted by Crippen LogP contribution is 2.23. The van der Waals surface area contributed by atoms with Crippen molar-refractivity contribution in [3.63, 3.8) is 0 Å². The number of aromatic nitrogens is 3. The van der Waals surface area contributed by atoms with Gasteiger partial charge in [-0.15, -0.1) is 0 Å². The summed E-state index contributed by atoms with van der Waals surface area (Å²) in [6, 6.07) is 3.25. The van der Waals surface area contributed by atoms with Gasteiger partial charge in [0.1, 0.15) is 18.4 Å². The third kappa shape index (κ3) is 6.83. The Labute approximate surface area is 146 Å². The van der Waals surface area contributed by atoms with Crippen LogP contribution in [0.15, 0.2) is 49.3 Å². The van der Waals surface area contributed by atoms with Crippen LogP contribution in [0, 0.1) is 5.82 Å². The fourth-order valence-electron chi connectivity index (χ4n) is 1.61. The summed E-state index contributed by atoms with van der Waals surface area (Å²) in [6.07, 6.45) is 1.36. The first-order valence-corrected chi connectivity index (χ1v) is 7.12. The van der Waals surface area contributed by atoms with Crippen LogP contribution in [0.4, 0.5) is 17.6 Å². The molecule has 0 bridgehead atoms. The fourth-order valence-corrected chi connectivity index (χ4v) is 1.61. The molecule has 1 N–H and O–H groups in total. The van der Waals surface area contributed by atoms with E-state index in [2.05, 4.69) is 21.4 Å². The van der Waals surface area contributed by atoms with Gasteiger partial charge in [-0.2, -0.15) is 13.2 Å². The lowest BCUT2D eigenvalue weighted by molar-refractivity contribution is -0.752. The number of aliphatic carboxylic acids is 1. The SMILES string of the molecule is C=C(OC)C(F)(F)F.O=C(O)CC[n+]1ccc(-c2ccncc2F)cn1. The fraction of sp³-hybridized carbons (Fsp3) is 0.250. The first-order valence-electron chi connectivity index (χ1n) is 7.12. The van der Waals surface area contributed by atoms with E-state index < -0.39 is 23.7 Å². The standard InChI is InChI=1S/C12H10FN3O2.C4H5F3O/c13-11-8-14-4-1-10(11)9-2-5-16(15-7-9)6-3-12(17)18;1-3(8-2)4(5,6)7/h1-2,4-5,7-8H,3,6H2;1H2,2H3/p+1. The molecule has 0 unspecified atom stereocenters. The highest BCUT2D eigenvalue weighted by molar-refractivity contribution is 5.66. The number of aryl methyl sites for hydroxylation is 1. The second-order valence-electron chi connectivity index (χ2n) is 4.80. The molecular weight excluding hydrogens is 358 g/mol. The number of methoxy groups -OCH3 is 1. The molecule has 0 saturated heterocycles. The first kappa shape index (κ1) is 21.0. The third-order valence-corrected chi connectivity index (χ3v) is 2.97. The minimum atomic E-state index is -4.41. The van der Waals surface area contributed by atoms with Gasteiger partial charge in [0.05, 0.1) is 13.3 Å². The van der Waals surface area contributed by atoms with E-state index in [1.54, 1.807) is 18.3 Å². The van der Waals surface area contributed by atoms with Gasteiger partial charge < -0.3 is 9.84 Å². The Morgan fingerprint density at radius 2 is 2.04 bits per heavy atom. The van der Waals surface area contributed by atoms with Crippen LogP contribution in [0.1, 0.15) is 6.42 Å². The molecule has 26 heavy (non-hydrogen) atoms. The van der Waals surface area contributed by atoms with E-state index in [9.17, 15) is 22.4 Å². The molecule has 0 radical (unpaired) electrons. The van der Waals surface area contributed by atoms with Gasteiger partial charge in [0.15, 0.2) is 18.5 Å². The van der Waals surface area contributed by atoms with Gasteiger partial charge in [0.25, 0.3) is 0 Å². The van der Waals surface area contributed by atoms with Crippen molar-refractivity contribution >= 4 is 5.97 Å². The predicted octanol–water partition coefficient (Wildman–Crippen LogP) is 2.75. The van der Waals surface area contributed by atoms with Crippen LogP contribution in [0.5, 0.6) is 0 Å². The Bertz CT molecular complexity index is 749. The van der Waals surface area contributed by atoms with Crippen molar-refractivity contribution in [2.24, 2.45) is 0 Å². The average molecular weight is 374 g/mol. The molecule has 2 rings (SSSR count). The third-order valence-electron chi connectivity index (χ3n) is 2.97. The number of ether oxygens (including phenoxy) is 1. The van der Waals surface area contributed by atoms with Crippen molar-refractivity contribution in [2.45, 2.75) is 19.1 Å². The summed E-state index contributed by atoms with van der Waals surface area (Å²) in [7, 11) is 0.926. The lowest BCUT2D eigenvalue weighted by Gasteiger charge is -2.06. The molecule has 0 aromatic carbocycles. The van der Waals surface area contributed by atoms with Crippen LogP contribution in [-0.2, 0) is 16.1 Å². The second-order valence-corrected chi connectivity index (χ2v) is 4.80. The molecule has 0 amide bonds.